The molecule has 0 aliphatic rings. The predicted molar refractivity (Wildman–Crippen MR) is 72.1 cm³/mol. The summed E-state index contributed by atoms with van der Waals surface area (Å²) >= 11 is 0. The standard InChI is InChI=1S/C15H15NO/c1-3-13-9-11-15(12-10-13)16(17-2)14-7-5-4-6-8-14/h3-12H,1H2,2H3. The Bertz CT molecular complexity index is 476. The van der Waals surface area contributed by atoms with Gasteiger partial charge in [0.25, 0.3) is 0 Å². The van der Waals surface area contributed by atoms with Gasteiger partial charge in [0.1, 0.15) is 0 Å². The van der Waals surface area contributed by atoms with E-state index in [1.165, 1.54) is 0 Å². The van der Waals surface area contributed by atoms with E-state index in [2.05, 4.69) is 6.58 Å². The molecule has 0 aromatic heterocycles. The summed E-state index contributed by atoms with van der Waals surface area (Å²) in [6.45, 7) is 3.74. The van der Waals surface area contributed by atoms with Gasteiger partial charge in [-0.15, -0.1) is 0 Å². The topological polar surface area (TPSA) is 12.5 Å². The Morgan fingerprint density at radius 2 is 1.53 bits per heavy atom. The monoisotopic (exact) mass is 225 g/mol. The Morgan fingerprint density at radius 1 is 0.941 bits per heavy atom. The van der Waals surface area contributed by atoms with Gasteiger partial charge in [0.05, 0.1) is 18.5 Å². The highest BCUT2D eigenvalue weighted by atomic mass is 16.7. The molecule has 0 bridgehead atoms. The van der Waals surface area contributed by atoms with Crippen LogP contribution in [0.3, 0.4) is 0 Å². The smallest absolute Gasteiger partial charge is 0.0695 e. The van der Waals surface area contributed by atoms with Gasteiger partial charge in [-0.25, -0.2) is 5.06 Å². The average Bonchev–Trinajstić information content (AvgIpc) is 2.42. The van der Waals surface area contributed by atoms with Gasteiger partial charge in [-0.3, -0.25) is 4.84 Å². The fraction of sp³-hybridized carbons (Fsp3) is 0.0667. The van der Waals surface area contributed by atoms with Crippen LogP contribution < -0.4 is 5.06 Å². The van der Waals surface area contributed by atoms with E-state index in [0.717, 1.165) is 16.9 Å². The molecule has 17 heavy (non-hydrogen) atoms. The zero-order chi connectivity index (χ0) is 12.1. The van der Waals surface area contributed by atoms with E-state index < -0.39 is 0 Å². The van der Waals surface area contributed by atoms with Crippen LogP contribution in [0.25, 0.3) is 6.08 Å². The first-order valence-corrected chi connectivity index (χ1v) is 5.47. The molecule has 86 valence electrons. The molecule has 2 nitrogen and oxygen atoms in total. The lowest BCUT2D eigenvalue weighted by Crippen LogP contribution is -2.14. The molecule has 0 atom stereocenters. The Kier molecular flexibility index (Phi) is 3.58. The Hall–Kier alpha value is -2.06. The maximum atomic E-state index is 5.40. The lowest BCUT2D eigenvalue weighted by Gasteiger charge is -2.21. The molecule has 0 heterocycles. The van der Waals surface area contributed by atoms with Gasteiger partial charge in [0, 0.05) is 0 Å². The summed E-state index contributed by atoms with van der Waals surface area (Å²) in [5.74, 6) is 0. The second kappa shape index (κ2) is 5.32. The van der Waals surface area contributed by atoms with E-state index in [-0.39, 0.29) is 0 Å². The number of anilines is 2. The summed E-state index contributed by atoms with van der Waals surface area (Å²) in [5, 5.41) is 1.78. The van der Waals surface area contributed by atoms with Crippen LogP contribution in [-0.4, -0.2) is 7.11 Å². The first-order chi connectivity index (χ1) is 8.35. The molecule has 0 saturated heterocycles. The number of hydrogen-bond donors (Lipinski definition) is 0. The van der Waals surface area contributed by atoms with Crippen LogP contribution in [0.5, 0.6) is 0 Å². The second-order valence-corrected chi connectivity index (χ2v) is 3.61. The zero-order valence-corrected chi connectivity index (χ0v) is 9.84. The minimum atomic E-state index is 0.990. The minimum absolute atomic E-state index is 0.990. The largest absolute Gasteiger partial charge is 0.272 e. The molecule has 0 N–H and O–H groups in total. The van der Waals surface area contributed by atoms with Crippen molar-refractivity contribution in [1.29, 1.82) is 0 Å². The van der Waals surface area contributed by atoms with Gasteiger partial charge in [-0.1, -0.05) is 43.0 Å². The van der Waals surface area contributed by atoms with Crippen LogP contribution in [0, 0.1) is 0 Å². The van der Waals surface area contributed by atoms with Crippen molar-refractivity contribution < 1.29 is 4.84 Å². The Labute approximate surface area is 102 Å². The van der Waals surface area contributed by atoms with Gasteiger partial charge < -0.3 is 0 Å². The highest BCUT2D eigenvalue weighted by molar-refractivity contribution is 5.62. The van der Waals surface area contributed by atoms with Crippen molar-refractivity contribution in [1.82, 2.24) is 0 Å². The molecule has 0 spiro atoms. The molecule has 0 amide bonds. The fourth-order valence-electron chi connectivity index (χ4n) is 1.67. The summed E-state index contributed by atoms with van der Waals surface area (Å²) in [7, 11) is 1.66. The molecule has 0 radical (unpaired) electrons. The number of hydrogen-bond acceptors (Lipinski definition) is 2. The second-order valence-electron chi connectivity index (χ2n) is 3.61. The van der Waals surface area contributed by atoms with Gasteiger partial charge in [-0.05, 0) is 29.8 Å². The third-order valence-electron chi connectivity index (χ3n) is 2.54. The van der Waals surface area contributed by atoms with Gasteiger partial charge >= 0.3 is 0 Å². The van der Waals surface area contributed by atoms with Crippen LogP contribution in [-0.2, 0) is 4.84 Å². The third kappa shape index (κ3) is 2.55. The number of benzene rings is 2. The average molecular weight is 225 g/mol. The first kappa shape index (κ1) is 11.4. The number of para-hydroxylation sites is 1. The van der Waals surface area contributed by atoms with E-state index in [1.807, 2.05) is 60.7 Å². The minimum Gasteiger partial charge on any atom is -0.272 e. The Morgan fingerprint density at radius 3 is 2.06 bits per heavy atom. The van der Waals surface area contributed by atoms with Crippen LogP contribution in [0.1, 0.15) is 5.56 Å². The summed E-state index contributed by atoms with van der Waals surface area (Å²) in [6.07, 6.45) is 1.82. The van der Waals surface area contributed by atoms with Crippen molar-refractivity contribution in [3.8, 4) is 0 Å². The molecule has 0 saturated carbocycles. The maximum Gasteiger partial charge on any atom is 0.0695 e. The molecule has 2 aromatic rings. The SMILES string of the molecule is C=Cc1ccc(N(OC)c2ccccc2)cc1. The summed E-state index contributed by atoms with van der Waals surface area (Å²) < 4.78 is 0. The van der Waals surface area contributed by atoms with Gasteiger partial charge in [0.15, 0.2) is 0 Å². The first-order valence-electron chi connectivity index (χ1n) is 5.47. The molecule has 0 aliphatic carbocycles. The van der Waals surface area contributed by atoms with Gasteiger partial charge in [0.2, 0.25) is 0 Å². The fourth-order valence-corrected chi connectivity index (χ4v) is 1.67. The van der Waals surface area contributed by atoms with E-state index in [1.54, 1.807) is 12.2 Å². The third-order valence-corrected chi connectivity index (χ3v) is 2.54. The normalized spacial score (nSPS) is 9.94. The molecule has 0 aliphatic heterocycles. The highest BCUT2D eigenvalue weighted by Crippen LogP contribution is 2.25. The molecule has 2 aromatic carbocycles. The van der Waals surface area contributed by atoms with Crippen molar-refractivity contribution in [3.63, 3.8) is 0 Å². The van der Waals surface area contributed by atoms with Crippen molar-refractivity contribution >= 4 is 17.5 Å². The van der Waals surface area contributed by atoms with Crippen molar-refractivity contribution in [2.24, 2.45) is 0 Å². The van der Waals surface area contributed by atoms with Gasteiger partial charge in [-0.2, -0.15) is 0 Å². The zero-order valence-electron chi connectivity index (χ0n) is 9.84. The quantitative estimate of drug-likeness (QED) is 0.728. The van der Waals surface area contributed by atoms with Crippen LogP contribution in [0.15, 0.2) is 61.2 Å². The van der Waals surface area contributed by atoms with Crippen LogP contribution >= 0.6 is 0 Å². The lowest BCUT2D eigenvalue weighted by atomic mass is 10.2. The Balaban J connectivity index is 2.32. The van der Waals surface area contributed by atoms with Crippen LogP contribution in [0.2, 0.25) is 0 Å². The highest BCUT2D eigenvalue weighted by Gasteiger charge is 2.07. The maximum absolute atomic E-state index is 5.40. The molecule has 0 unspecified atom stereocenters. The molecule has 2 rings (SSSR count). The predicted octanol–water partition coefficient (Wildman–Crippen LogP) is 4.03. The van der Waals surface area contributed by atoms with Crippen LogP contribution in [0.4, 0.5) is 11.4 Å². The lowest BCUT2D eigenvalue weighted by molar-refractivity contribution is 0.201. The summed E-state index contributed by atoms with van der Waals surface area (Å²) in [4.78, 5) is 5.40. The number of rotatable bonds is 4. The summed E-state index contributed by atoms with van der Waals surface area (Å²) in [6, 6.07) is 18.0. The van der Waals surface area contributed by atoms with Crippen molar-refractivity contribution in [3.05, 3.63) is 66.7 Å². The summed E-state index contributed by atoms with van der Waals surface area (Å²) in [5.41, 5.74) is 3.09. The molecule has 0 fully saturated rings. The molecular weight excluding hydrogens is 210 g/mol. The number of nitrogens with zero attached hydrogens (tertiary/aromatic N) is 1. The molecular formula is C15H15NO. The van der Waals surface area contributed by atoms with Crippen molar-refractivity contribution in [2.75, 3.05) is 12.2 Å². The van der Waals surface area contributed by atoms with Crippen molar-refractivity contribution in [2.45, 2.75) is 0 Å². The van der Waals surface area contributed by atoms with E-state index in [0.29, 0.717) is 0 Å². The van der Waals surface area contributed by atoms with E-state index in [4.69, 9.17) is 4.84 Å². The van der Waals surface area contributed by atoms with E-state index in [9.17, 15) is 0 Å². The van der Waals surface area contributed by atoms with E-state index >= 15 is 0 Å². The molecule has 2 heteroatoms.